The molecule has 2 aliphatic rings. The first kappa shape index (κ1) is 16.8. The molecule has 0 unspecified atom stereocenters. The van der Waals surface area contributed by atoms with Crippen molar-refractivity contribution in [3.8, 4) is 5.75 Å². The lowest BCUT2D eigenvalue weighted by Crippen LogP contribution is -2.37. The summed E-state index contributed by atoms with van der Waals surface area (Å²) in [5.41, 5.74) is 1.90. The first-order chi connectivity index (χ1) is 11.4. The second kappa shape index (κ2) is 6.81. The van der Waals surface area contributed by atoms with E-state index in [1.54, 1.807) is 6.07 Å². The Hall–Kier alpha value is -2.08. The van der Waals surface area contributed by atoms with Gasteiger partial charge >= 0.3 is 0 Å². The van der Waals surface area contributed by atoms with Crippen molar-refractivity contribution in [3.05, 3.63) is 23.8 Å². The Morgan fingerprint density at radius 1 is 1.33 bits per heavy atom. The highest BCUT2D eigenvalue weighted by Gasteiger charge is 2.33. The summed E-state index contributed by atoms with van der Waals surface area (Å²) in [6.07, 6.45) is 1.20. The first-order valence-electron chi connectivity index (χ1n) is 8.44. The van der Waals surface area contributed by atoms with Crippen molar-refractivity contribution in [3.63, 3.8) is 0 Å². The number of nitrogens with zero attached hydrogens (tertiary/aromatic N) is 2. The number of hydrogen-bond acceptors (Lipinski definition) is 4. The van der Waals surface area contributed by atoms with Gasteiger partial charge < -0.3 is 19.9 Å². The van der Waals surface area contributed by atoms with Gasteiger partial charge in [0.15, 0.2) is 6.61 Å². The number of amides is 2. The highest BCUT2D eigenvalue weighted by atomic mass is 16.5. The van der Waals surface area contributed by atoms with Crippen LogP contribution in [0.1, 0.15) is 18.9 Å². The minimum absolute atomic E-state index is 0.0252. The van der Waals surface area contributed by atoms with Crippen LogP contribution >= 0.6 is 0 Å². The van der Waals surface area contributed by atoms with Crippen LogP contribution in [0.25, 0.3) is 0 Å². The van der Waals surface area contributed by atoms with Gasteiger partial charge in [-0.2, -0.15) is 0 Å². The minimum atomic E-state index is 0.0252. The predicted molar refractivity (Wildman–Crippen MR) is 92.1 cm³/mol. The molecule has 0 spiro atoms. The van der Waals surface area contributed by atoms with Gasteiger partial charge in [0.05, 0.1) is 0 Å². The number of aryl methyl sites for hydroxylation is 1. The third-order valence-electron chi connectivity index (χ3n) is 4.92. The van der Waals surface area contributed by atoms with E-state index in [0.717, 1.165) is 24.3 Å². The molecule has 1 fully saturated rings. The Labute approximate surface area is 142 Å². The van der Waals surface area contributed by atoms with E-state index in [9.17, 15) is 9.59 Å². The van der Waals surface area contributed by atoms with Gasteiger partial charge in [-0.05, 0) is 50.2 Å². The number of ether oxygens (including phenoxy) is 1. The van der Waals surface area contributed by atoms with Crippen LogP contribution in [0.15, 0.2) is 18.2 Å². The van der Waals surface area contributed by atoms with Crippen LogP contribution < -0.4 is 10.1 Å². The van der Waals surface area contributed by atoms with Crippen LogP contribution in [0.5, 0.6) is 5.75 Å². The molecule has 3 rings (SSSR count). The molecule has 0 radical (unpaired) electrons. The summed E-state index contributed by atoms with van der Waals surface area (Å²) in [5.74, 6) is 1.22. The van der Waals surface area contributed by atoms with E-state index >= 15 is 0 Å². The quantitative estimate of drug-likeness (QED) is 0.905. The molecule has 0 aliphatic carbocycles. The predicted octanol–water partition coefficient (Wildman–Crippen LogP) is 1.36. The fourth-order valence-electron chi connectivity index (χ4n) is 3.51. The molecular weight excluding hydrogens is 306 g/mol. The number of carbonyl (C=O) groups excluding carboxylic acids is 2. The van der Waals surface area contributed by atoms with Crippen molar-refractivity contribution in [1.82, 2.24) is 9.80 Å². The summed E-state index contributed by atoms with van der Waals surface area (Å²) in [6, 6.07) is 5.96. The maximum absolute atomic E-state index is 12.4. The molecule has 1 N–H and O–H groups in total. The zero-order chi connectivity index (χ0) is 17.3. The molecule has 2 amide bonds. The smallest absolute Gasteiger partial charge is 0.260 e. The normalized spacial score (nSPS) is 23.2. The number of hydrogen-bond donors (Lipinski definition) is 1. The molecule has 6 nitrogen and oxygen atoms in total. The highest BCUT2D eigenvalue weighted by molar-refractivity contribution is 5.94. The summed E-state index contributed by atoms with van der Waals surface area (Å²) >= 11 is 0. The lowest BCUT2D eigenvalue weighted by Gasteiger charge is -2.22. The molecule has 0 bridgehead atoms. The van der Waals surface area contributed by atoms with E-state index in [2.05, 4.69) is 31.2 Å². The van der Waals surface area contributed by atoms with Crippen molar-refractivity contribution < 1.29 is 14.3 Å². The van der Waals surface area contributed by atoms with Crippen LogP contribution in [-0.2, 0) is 16.0 Å². The van der Waals surface area contributed by atoms with Crippen LogP contribution in [0.3, 0.4) is 0 Å². The number of anilines is 1. The van der Waals surface area contributed by atoms with Crippen molar-refractivity contribution >= 4 is 17.5 Å². The molecule has 2 atom stereocenters. The van der Waals surface area contributed by atoms with Crippen LogP contribution in [0.4, 0.5) is 5.69 Å². The lowest BCUT2D eigenvalue weighted by molar-refractivity contribution is -0.132. The van der Waals surface area contributed by atoms with E-state index in [-0.39, 0.29) is 18.4 Å². The summed E-state index contributed by atoms with van der Waals surface area (Å²) < 4.78 is 5.69. The lowest BCUT2D eigenvalue weighted by atomic mass is 10.0. The number of likely N-dealkylation sites (tertiary alicyclic amines) is 1. The Bertz CT molecular complexity index is 644. The zero-order valence-corrected chi connectivity index (χ0v) is 14.5. The fourth-order valence-corrected chi connectivity index (χ4v) is 3.51. The first-order valence-corrected chi connectivity index (χ1v) is 8.44. The second-order valence-electron chi connectivity index (χ2n) is 6.96. The van der Waals surface area contributed by atoms with Gasteiger partial charge in [-0.25, -0.2) is 0 Å². The molecule has 1 aromatic rings. The number of carbonyl (C=O) groups is 2. The van der Waals surface area contributed by atoms with E-state index in [4.69, 9.17) is 4.74 Å². The molecule has 2 aliphatic heterocycles. The van der Waals surface area contributed by atoms with E-state index < -0.39 is 0 Å². The van der Waals surface area contributed by atoms with Gasteiger partial charge in [0, 0.05) is 31.2 Å². The minimum Gasteiger partial charge on any atom is -0.484 e. The number of benzene rings is 1. The Morgan fingerprint density at radius 2 is 2.12 bits per heavy atom. The third kappa shape index (κ3) is 3.53. The van der Waals surface area contributed by atoms with E-state index in [1.807, 2.05) is 17.0 Å². The molecule has 1 aromatic carbocycles. The Kier molecular flexibility index (Phi) is 4.76. The van der Waals surface area contributed by atoms with Gasteiger partial charge in [-0.3, -0.25) is 9.59 Å². The number of fused-ring (bicyclic) bond motifs is 1. The largest absolute Gasteiger partial charge is 0.484 e. The van der Waals surface area contributed by atoms with Gasteiger partial charge in [0.1, 0.15) is 5.75 Å². The molecule has 0 saturated carbocycles. The topological polar surface area (TPSA) is 61.9 Å². The number of rotatable bonds is 4. The standard InChI is InChI=1S/C18H25N3O3/c1-12-9-21(10-16(12)20(2)3)18(23)11-24-14-5-6-15-13(8-14)4-7-17(22)19-15/h5-6,8,12,16H,4,7,9-11H2,1-3H3,(H,19,22)/t12-,16-/m1/s1. The van der Waals surface area contributed by atoms with Crippen molar-refractivity contribution in [2.75, 3.05) is 39.1 Å². The van der Waals surface area contributed by atoms with Crippen molar-refractivity contribution in [1.29, 1.82) is 0 Å². The third-order valence-corrected chi connectivity index (χ3v) is 4.92. The molecule has 2 heterocycles. The second-order valence-corrected chi connectivity index (χ2v) is 6.96. The van der Waals surface area contributed by atoms with Crippen LogP contribution in [0.2, 0.25) is 0 Å². The summed E-state index contributed by atoms with van der Waals surface area (Å²) in [7, 11) is 4.11. The molecule has 0 aromatic heterocycles. The molecule has 24 heavy (non-hydrogen) atoms. The maximum Gasteiger partial charge on any atom is 0.260 e. The highest BCUT2D eigenvalue weighted by Crippen LogP contribution is 2.27. The van der Waals surface area contributed by atoms with Gasteiger partial charge in [-0.1, -0.05) is 6.92 Å². The van der Waals surface area contributed by atoms with Gasteiger partial charge in [0.2, 0.25) is 5.91 Å². The summed E-state index contributed by atoms with van der Waals surface area (Å²) in [5, 5.41) is 2.84. The summed E-state index contributed by atoms with van der Waals surface area (Å²) in [6.45, 7) is 3.77. The zero-order valence-electron chi connectivity index (χ0n) is 14.5. The van der Waals surface area contributed by atoms with Crippen LogP contribution in [-0.4, -0.2) is 61.4 Å². The van der Waals surface area contributed by atoms with Gasteiger partial charge in [0.25, 0.3) is 5.91 Å². The van der Waals surface area contributed by atoms with E-state index in [0.29, 0.717) is 30.6 Å². The SMILES string of the molecule is C[C@@H]1CN(C(=O)COc2ccc3c(c2)CCC(=O)N3)C[C@H]1N(C)C. The van der Waals surface area contributed by atoms with Crippen LogP contribution in [0, 0.1) is 5.92 Å². The number of likely N-dealkylation sites (N-methyl/N-ethyl adjacent to an activating group) is 1. The molecular formula is C18H25N3O3. The molecule has 6 heteroatoms. The fraction of sp³-hybridized carbons (Fsp3) is 0.556. The van der Waals surface area contributed by atoms with Crippen molar-refractivity contribution in [2.45, 2.75) is 25.8 Å². The number of nitrogens with one attached hydrogen (secondary N) is 1. The average Bonchev–Trinajstić information content (AvgIpc) is 2.94. The maximum atomic E-state index is 12.4. The Balaban J connectivity index is 1.56. The average molecular weight is 331 g/mol. The molecule has 130 valence electrons. The van der Waals surface area contributed by atoms with Gasteiger partial charge in [-0.15, -0.1) is 0 Å². The van der Waals surface area contributed by atoms with E-state index in [1.165, 1.54) is 0 Å². The van der Waals surface area contributed by atoms with Crippen molar-refractivity contribution in [2.24, 2.45) is 5.92 Å². The Morgan fingerprint density at radius 3 is 2.83 bits per heavy atom. The summed E-state index contributed by atoms with van der Waals surface area (Å²) in [4.78, 5) is 27.8. The molecule has 1 saturated heterocycles. The monoisotopic (exact) mass is 331 g/mol.